The average Bonchev–Trinajstić information content (AvgIpc) is 3.28. The number of nitrogens with zero attached hydrogens (tertiary/aromatic N) is 2. The largest absolute Gasteiger partial charge is 0.493 e. The van der Waals surface area contributed by atoms with Gasteiger partial charge in [0.25, 0.3) is 5.91 Å². The van der Waals surface area contributed by atoms with Gasteiger partial charge in [-0.25, -0.2) is 4.98 Å². The third-order valence-electron chi connectivity index (χ3n) is 6.28. The maximum absolute atomic E-state index is 13.1. The summed E-state index contributed by atoms with van der Waals surface area (Å²) in [6, 6.07) is 25.9. The molecule has 1 amide bonds. The maximum Gasteiger partial charge on any atom is 0.251 e. The third-order valence-corrected chi connectivity index (χ3v) is 6.28. The Labute approximate surface area is 209 Å². The summed E-state index contributed by atoms with van der Waals surface area (Å²) in [4.78, 5) is 17.9. The second-order valence-electron chi connectivity index (χ2n) is 8.34. The van der Waals surface area contributed by atoms with Gasteiger partial charge in [-0.3, -0.25) is 4.79 Å². The highest BCUT2D eigenvalue weighted by atomic mass is 16.5. The number of benzene rings is 4. The van der Waals surface area contributed by atoms with Crippen LogP contribution in [0, 0.1) is 0 Å². The van der Waals surface area contributed by atoms with E-state index in [-0.39, 0.29) is 12.5 Å². The van der Waals surface area contributed by atoms with Crippen LogP contribution in [0.15, 0.2) is 78.9 Å². The molecular weight excluding hydrogens is 454 g/mol. The van der Waals surface area contributed by atoms with Crippen LogP contribution in [0.2, 0.25) is 0 Å². The molecule has 1 heterocycles. The highest BCUT2D eigenvalue weighted by molar-refractivity contribution is 5.95. The molecule has 0 fully saturated rings. The lowest BCUT2D eigenvalue weighted by Gasteiger charge is -2.15. The molecule has 5 rings (SSSR count). The summed E-state index contributed by atoms with van der Waals surface area (Å²) in [5, 5.41) is 5.40. The van der Waals surface area contributed by atoms with Gasteiger partial charge in [-0.05, 0) is 40.6 Å². The van der Waals surface area contributed by atoms with Gasteiger partial charge in [0, 0.05) is 5.56 Å². The van der Waals surface area contributed by atoms with E-state index in [1.807, 2.05) is 24.3 Å². The second kappa shape index (κ2) is 10.00. The number of nitrogens with one attached hydrogen (secondary N) is 1. The fraction of sp³-hybridized carbons (Fsp3) is 0.172. The molecule has 5 aromatic rings. The summed E-state index contributed by atoms with van der Waals surface area (Å²) in [5.41, 5.74) is 3.49. The Morgan fingerprint density at radius 1 is 0.861 bits per heavy atom. The van der Waals surface area contributed by atoms with Crippen molar-refractivity contribution in [1.82, 2.24) is 14.9 Å². The van der Waals surface area contributed by atoms with E-state index in [9.17, 15) is 4.79 Å². The molecule has 1 aromatic heterocycles. The van der Waals surface area contributed by atoms with Crippen molar-refractivity contribution in [1.29, 1.82) is 0 Å². The van der Waals surface area contributed by atoms with Crippen LogP contribution in [0.5, 0.6) is 17.2 Å². The zero-order valence-corrected chi connectivity index (χ0v) is 20.4. The van der Waals surface area contributed by atoms with Crippen molar-refractivity contribution in [3.63, 3.8) is 0 Å². The van der Waals surface area contributed by atoms with Crippen LogP contribution in [0.25, 0.3) is 21.8 Å². The first-order valence-corrected chi connectivity index (χ1v) is 11.6. The molecule has 1 N–H and O–H groups in total. The van der Waals surface area contributed by atoms with Crippen molar-refractivity contribution in [3.05, 3.63) is 95.8 Å². The minimum absolute atomic E-state index is 0.259. The monoisotopic (exact) mass is 481 g/mol. The SMILES string of the molecule is COc1cc(C(=O)NCc2nc3ccccc3n2Cc2cccc3ccccc23)cc(OC)c1OC. The van der Waals surface area contributed by atoms with E-state index in [4.69, 9.17) is 19.2 Å². The number of imidazole rings is 1. The predicted molar refractivity (Wildman–Crippen MR) is 140 cm³/mol. The summed E-state index contributed by atoms with van der Waals surface area (Å²) >= 11 is 0. The Balaban J connectivity index is 1.46. The Hall–Kier alpha value is -4.52. The van der Waals surface area contributed by atoms with Gasteiger partial charge in [-0.15, -0.1) is 0 Å². The number of carbonyl (C=O) groups excluding carboxylic acids is 1. The molecule has 4 aromatic carbocycles. The number of carbonyl (C=O) groups is 1. The fourth-order valence-corrected chi connectivity index (χ4v) is 4.51. The molecule has 0 aliphatic rings. The van der Waals surface area contributed by atoms with E-state index in [1.165, 1.54) is 37.7 Å². The number of ether oxygens (including phenoxy) is 3. The van der Waals surface area contributed by atoms with Crippen LogP contribution in [0.4, 0.5) is 0 Å². The van der Waals surface area contributed by atoms with Crippen molar-refractivity contribution >= 4 is 27.7 Å². The van der Waals surface area contributed by atoms with Gasteiger partial charge in [-0.1, -0.05) is 54.6 Å². The summed E-state index contributed by atoms with van der Waals surface area (Å²) in [6.07, 6.45) is 0. The summed E-state index contributed by atoms with van der Waals surface area (Å²) < 4.78 is 18.3. The van der Waals surface area contributed by atoms with Crippen LogP contribution in [-0.4, -0.2) is 36.8 Å². The van der Waals surface area contributed by atoms with Gasteiger partial charge in [-0.2, -0.15) is 0 Å². The minimum Gasteiger partial charge on any atom is -0.493 e. The number of methoxy groups -OCH3 is 3. The third kappa shape index (κ3) is 4.31. The first-order chi connectivity index (χ1) is 17.6. The van der Waals surface area contributed by atoms with E-state index in [1.54, 1.807) is 12.1 Å². The van der Waals surface area contributed by atoms with Crippen molar-refractivity contribution < 1.29 is 19.0 Å². The summed E-state index contributed by atoms with van der Waals surface area (Å²) in [7, 11) is 4.57. The molecule has 7 heteroatoms. The molecule has 0 spiro atoms. The van der Waals surface area contributed by atoms with E-state index in [0.717, 1.165) is 16.9 Å². The predicted octanol–water partition coefficient (Wildman–Crippen LogP) is 5.19. The first-order valence-electron chi connectivity index (χ1n) is 11.6. The van der Waals surface area contributed by atoms with E-state index in [2.05, 4.69) is 52.3 Å². The van der Waals surface area contributed by atoms with Gasteiger partial charge in [0.2, 0.25) is 5.75 Å². The lowest BCUT2D eigenvalue weighted by Crippen LogP contribution is -2.25. The topological polar surface area (TPSA) is 74.6 Å². The van der Waals surface area contributed by atoms with Crippen molar-refractivity contribution in [2.45, 2.75) is 13.1 Å². The number of hydrogen-bond acceptors (Lipinski definition) is 5. The van der Waals surface area contributed by atoms with E-state index < -0.39 is 0 Å². The first kappa shape index (κ1) is 23.2. The highest BCUT2D eigenvalue weighted by Crippen LogP contribution is 2.38. The van der Waals surface area contributed by atoms with Gasteiger partial charge in [0.05, 0.1) is 45.5 Å². The number of aromatic nitrogens is 2. The van der Waals surface area contributed by atoms with Crippen LogP contribution in [0.1, 0.15) is 21.7 Å². The molecule has 36 heavy (non-hydrogen) atoms. The number of fused-ring (bicyclic) bond motifs is 2. The molecule has 0 aliphatic carbocycles. The van der Waals surface area contributed by atoms with Crippen LogP contribution < -0.4 is 19.5 Å². The number of amides is 1. The van der Waals surface area contributed by atoms with Crippen LogP contribution >= 0.6 is 0 Å². The molecule has 0 unspecified atom stereocenters. The number of hydrogen-bond donors (Lipinski definition) is 1. The zero-order valence-electron chi connectivity index (χ0n) is 20.4. The second-order valence-corrected chi connectivity index (χ2v) is 8.34. The molecule has 0 atom stereocenters. The summed E-state index contributed by atoms with van der Waals surface area (Å²) in [5.74, 6) is 1.78. The molecule has 7 nitrogen and oxygen atoms in total. The molecule has 0 saturated carbocycles. The molecule has 0 radical (unpaired) electrons. The lowest BCUT2D eigenvalue weighted by atomic mass is 10.0. The molecule has 182 valence electrons. The Morgan fingerprint density at radius 3 is 2.31 bits per heavy atom. The Kier molecular flexibility index (Phi) is 6.45. The lowest BCUT2D eigenvalue weighted by molar-refractivity contribution is 0.0948. The molecule has 0 saturated heterocycles. The van der Waals surface area contributed by atoms with Gasteiger partial charge in [0.15, 0.2) is 11.5 Å². The average molecular weight is 482 g/mol. The van der Waals surface area contributed by atoms with Crippen molar-refractivity contribution in [3.8, 4) is 17.2 Å². The quantitative estimate of drug-likeness (QED) is 0.330. The van der Waals surface area contributed by atoms with Crippen LogP contribution in [0.3, 0.4) is 0 Å². The molecule has 0 aliphatic heterocycles. The summed E-state index contributed by atoms with van der Waals surface area (Å²) in [6.45, 7) is 0.895. The van der Waals surface area contributed by atoms with E-state index in [0.29, 0.717) is 29.4 Å². The molecule has 0 bridgehead atoms. The minimum atomic E-state index is -0.266. The normalized spacial score (nSPS) is 11.0. The standard InChI is InChI=1S/C29H27N3O4/c1-34-25-15-21(16-26(35-2)28(25)36-3)29(33)30-17-27-31-23-13-6-7-14-24(23)32(27)18-20-11-8-10-19-9-4-5-12-22(19)20/h4-16H,17-18H2,1-3H3,(H,30,33). The number of para-hydroxylation sites is 2. The van der Waals surface area contributed by atoms with Crippen molar-refractivity contribution in [2.75, 3.05) is 21.3 Å². The smallest absolute Gasteiger partial charge is 0.251 e. The van der Waals surface area contributed by atoms with Crippen LogP contribution in [-0.2, 0) is 13.1 Å². The van der Waals surface area contributed by atoms with Crippen molar-refractivity contribution in [2.24, 2.45) is 0 Å². The Morgan fingerprint density at radius 2 is 1.56 bits per heavy atom. The number of rotatable bonds is 8. The molecular formula is C29H27N3O4. The zero-order chi connectivity index (χ0) is 25.1. The van der Waals surface area contributed by atoms with Gasteiger partial charge in [0.1, 0.15) is 5.82 Å². The van der Waals surface area contributed by atoms with E-state index >= 15 is 0 Å². The van der Waals surface area contributed by atoms with Gasteiger partial charge < -0.3 is 24.1 Å². The Bertz CT molecular complexity index is 1530. The fourth-order valence-electron chi connectivity index (χ4n) is 4.51. The van der Waals surface area contributed by atoms with Gasteiger partial charge >= 0.3 is 0 Å². The highest BCUT2D eigenvalue weighted by Gasteiger charge is 2.18. The maximum atomic E-state index is 13.1.